The number of hydrogen-bond donors (Lipinski definition) is 1. The summed E-state index contributed by atoms with van der Waals surface area (Å²) in [5.41, 5.74) is -0.736. The third-order valence-corrected chi connectivity index (χ3v) is 5.76. The fourth-order valence-corrected chi connectivity index (χ4v) is 3.76. The molecule has 0 saturated heterocycles. The van der Waals surface area contributed by atoms with Crippen molar-refractivity contribution in [3.63, 3.8) is 0 Å². The van der Waals surface area contributed by atoms with Crippen molar-refractivity contribution in [3.8, 4) is 11.5 Å². The van der Waals surface area contributed by atoms with E-state index in [1.165, 1.54) is 13.0 Å². The van der Waals surface area contributed by atoms with Crippen molar-refractivity contribution < 1.29 is 28.7 Å². The molecule has 1 aromatic rings. The van der Waals surface area contributed by atoms with Crippen molar-refractivity contribution in [2.75, 3.05) is 13.2 Å². The van der Waals surface area contributed by atoms with Crippen LogP contribution in [0.3, 0.4) is 0 Å². The molecule has 0 unspecified atom stereocenters. The van der Waals surface area contributed by atoms with Crippen LogP contribution in [0.1, 0.15) is 50.4 Å². The minimum atomic E-state index is -1.08. The van der Waals surface area contributed by atoms with Crippen LogP contribution in [0.25, 0.3) is 0 Å². The number of carbonyl (C=O) groups is 2. The highest BCUT2D eigenvalue weighted by molar-refractivity contribution is 5.96. The summed E-state index contributed by atoms with van der Waals surface area (Å²) in [7, 11) is 0. The van der Waals surface area contributed by atoms with E-state index in [1.807, 2.05) is 0 Å². The van der Waals surface area contributed by atoms with E-state index in [1.54, 1.807) is 0 Å². The summed E-state index contributed by atoms with van der Waals surface area (Å²) in [5, 5.41) is 14.3. The van der Waals surface area contributed by atoms with Gasteiger partial charge in [0.15, 0.2) is 17.6 Å². The predicted molar refractivity (Wildman–Crippen MR) is 103 cm³/mol. The number of nitrogens with one attached hydrogen (secondary N) is 1. The number of ether oxygens (including phenoxy) is 3. The zero-order valence-electron chi connectivity index (χ0n) is 16.8. The fraction of sp³-hybridized carbons (Fsp3) is 0.600. The summed E-state index contributed by atoms with van der Waals surface area (Å²) in [5.74, 6) is -0.103. The molecule has 1 aliphatic carbocycles. The van der Waals surface area contributed by atoms with Crippen LogP contribution in [0.4, 0.5) is 5.69 Å². The highest BCUT2D eigenvalue weighted by atomic mass is 16.6. The Hall–Kier alpha value is -2.84. The first-order valence-electron chi connectivity index (χ1n) is 9.87. The third-order valence-electron chi connectivity index (χ3n) is 5.76. The zero-order valence-corrected chi connectivity index (χ0v) is 16.8. The topological polar surface area (TPSA) is 117 Å². The third kappa shape index (κ3) is 4.60. The van der Waals surface area contributed by atoms with Crippen LogP contribution < -0.4 is 14.8 Å². The van der Waals surface area contributed by atoms with Gasteiger partial charge in [-0.3, -0.25) is 14.9 Å². The Kier molecular flexibility index (Phi) is 6.24. The molecule has 1 fully saturated rings. The number of carbonyl (C=O) groups excluding carboxylic acids is 2. The highest BCUT2D eigenvalue weighted by Crippen LogP contribution is 2.37. The van der Waals surface area contributed by atoms with E-state index < -0.39 is 28.6 Å². The lowest BCUT2D eigenvalue weighted by Crippen LogP contribution is -2.47. The molecule has 29 heavy (non-hydrogen) atoms. The smallest absolute Gasteiger partial charge is 0.346 e. The molecule has 1 N–H and O–H groups in total. The molecule has 1 saturated carbocycles. The maximum Gasteiger partial charge on any atom is 0.346 e. The molecule has 1 amide bonds. The number of rotatable bonds is 5. The minimum Gasteiger partial charge on any atom is -0.486 e. The normalized spacial score (nSPS) is 24.3. The second-order valence-electron chi connectivity index (χ2n) is 7.70. The number of amides is 1. The molecule has 9 heteroatoms. The Morgan fingerprint density at radius 2 is 1.86 bits per heavy atom. The van der Waals surface area contributed by atoms with Crippen molar-refractivity contribution in [1.82, 2.24) is 5.32 Å². The predicted octanol–water partition coefficient (Wildman–Crippen LogP) is 2.85. The maximum atomic E-state index is 12.6. The van der Waals surface area contributed by atoms with Gasteiger partial charge in [-0.25, -0.2) is 4.79 Å². The SMILES string of the molecule is C[C@@H]1[C@H](C)CCC[C@@H]1NC(=O)[C@@H](C)OC(=O)c1cc2c(cc1[N+](=O)[O-])OCCO2. The molecule has 1 aromatic carbocycles. The maximum absolute atomic E-state index is 12.6. The Bertz CT molecular complexity index is 810. The van der Waals surface area contributed by atoms with Crippen LogP contribution in [-0.4, -0.2) is 42.2 Å². The molecule has 9 nitrogen and oxygen atoms in total. The van der Waals surface area contributed by atoms with Crippen molar-refractivity contribution in [2.24, 2.45) is 11.8 Å². The Labute approximate surface area is 168 Å². The zero-order chi connectivity index (χ0) is 21.1. The number of nitro groups is 1. The molecular formula is C20H26N2O7. The summed E-state index contributed by atoms with van der Waals surface area (Å²) in [6.45, 7) is 6.25. The lowest BCUT2D eigenvalue weighted by Gasteiger charge is -2.35. The van der Waals surface area contributed by atoms with Gasteiger partial charge < -0.3 is 19.5 Å². The average Bonchev–Trinajstić information content (AvgIpc) is 2.70. The van der Waals surface area contributed by atoms with Gasteiger partial charge in [-0.2, -0.15) is 0 Å². The summed E-state index contributed by atoms with van der Waals surface area (Å²) in [6.07, 6.45) is 1.96. The van der Waals surface area contributed by atoms with Crippen molar-refractivity contribution >= 4 is 17.6 Å². The molecule has 0 radical (unpaired) electrons. The molecule has 1 heterocycles. The van der Waals surface area contributed by atoms with Crippen molar-refractivity contribution in [3.05, 3.63) is 27.8 Å². The largest absolute Gasteiger partial charge is 0.486 e. The first-order chi connectivity index (χ1) is 13.8. The molecule has 3 rings (SSSR count). The number of fused-ring (bicyclic) bond motifs is 1. The molecule has 2 aliphatic rings. The van der Waals surface area contributed by atoms with Gasteiger partial charge in [0, 0.05) is 12.1 Å². The molecule has 0 aromatic heterocycles. The second kappa shape index (κ2) is 8.67. The molecule has 0 spiro atoms. The summed E-state index contributed by atoms with van der Waals surface area (Å²) < 4.78 is 15.9. The van der Waals surface area contributed by atoms with E-state index in [9.17, 15) is 19.7 Å². The minimum absolute atomic E-state index is 0.0241. The number of hydrogen-bond acceptors (Lipinski definition) is 7. The Morgan fingerprint density at radius 3 is 2.52 bits per heavy atom. The first-order valence-corrected chi connectivity index (χ1v) is 9.87. The first kappa shape index (κ1) is 20.9. The number of nitrogens with zero attached hydrogens (tertiary/aromatic N) is 1. The monoisotopic (exact) mass is 406 g/mol. The molecule has 0 bridgehead atoms. The lowest BCUT2D eigenvalue weighted by atomic mass is 9.78. The Morgan fingerprint density at radius 1 is 1.21 bits per heavy atom. The van der Waals surface area contributed by atoms with Gasteiger partial charge in [0.25, 0.3) is 11.6 Å². The van der Waals surface area contributed by atoms with Crippen LogP contribution >= 0.6 is 0 Å². The van der Waals surface area contributed by atoms with E-state index in [2.05, 4.69) is 19.2 Å². The highest BCUT2D eigenvalue weighted by Gasteiger charge is 2.32. The Balaban J connectivity index is 1.70. The van der Waals surface area contributed by atoms with E-state index >= 15 is 0 Å². The van der Waals surface area contributed by atoms with Gasteiger partial charge in [-0.15, -0.1) is 0 Å². The summed E-state index contributed by atoms with van der Waals surface area (Å²) in [6, 6.07) is 2.39. The lowest BCUT2D eigenvalue weighted by molar-refractivity contribution is -0.385. The van der Waals surface area contributed by atoms with Gasteiger partial charge in [-0.05, 0) is 25.2 Å². The van der Waals surface area contributed by atoms with Crippen LogP contribution in [0.15, 0.2) is 12.1 Å². The molecule has 158 valence electrons. The van der Waals surface area contributed by atoms with E-state index in [4.69, 9.17) is 14.2 Å². The summed E-state index contributed by atoms with van der Waals surface area (Å²) in [4.78, 5) is 35.8. The molecule has 4 atom stereocenters. The van der Waals surface area contributed by atoms with Crippen LogP contribution in [-0.2, 0) is 9.53 Å². The van der Waals surface area contributed by atoms with E-state index in [-0.39, 0.29) is 36.3 Å². The molecule has 1 aliphatic heterocycles. The van der Waals surface area contributed by atoms with E-state index in [0.29, 0.717) is 11.8 Å². The second-order valence-corrected chi connectivity index (χ2v) is 7.70. The van der Waals surface area contributed by atoms with Crippen LogP contribution in [0.5, 0.6) is 11.5 Å². The van der Waals surface area contributed by atoms with Crippen molar-refractivity contribution in [2.45, 2.75) is 52.2 Å². The van der Waals surface area contributed by atoms with Gasteiger partial charge in [-0.1, -0.05) is 26.7 Å². The number of esters is 1. The summed E-state index contributed by atoms with van der Waals surface area (Å²) >= 11 is 0. The van der Waals surface area contributed by atoms with Crippen LogP contribution in [0.2, 0.25) is 0 Å². The quantitative estimate of drug-likeness (QED) is 0.454. The molecular weight excluding hydrogens is 380 g/mol. The number of benzene rings is 1. The number of nitro benzene ring substituents is 1. The average molecular weight is 406 g/mol. The van der Waals surface area contributed by atoms with Gasteiger partial charge in [0.1, 0.15) is 18.8 Å². The van der Waals surface area contributed by atoms with Gasteiger partial charge >= 0.3 is 5.97 Å². The van der Waals surface area contributed by atoms with Crippen molar-refractivity contribution in [1.29, 1.82) is 0 Å². The standard InChI is InChI=1S/C20H26N2O7/c1-11-5-4-6-15(12(11)2)21-19(23)13(3)29-20(24)14-9-17-18(28-8-7-27-17)10-16(14)22(25)26/h9-13,15H,4-8H2,1-3H3,(H,21,23)/t11-,12-,13-,15+/m1/s1. The van der Waals surface area contributed by atoms with Gasteiger partial charge in [0.05, 0.1) is 11.0 Å². The van der Waals surface area contributed by atoms with Crippen LogP contribution in [0, 0.1) is 22.0 Å². The fourth-order valence-electron chi connectivity index (χ4n) is 3.76. The van der Waals surface area contributed by atoms with Gasteiger partial charge in [0.2, 0.25) is 0 Å². The van der Waals surface area contributed by atoms with E-state index in [0.717, 1.165) is 25.3 Å².